The normalized spacial score (nSPS) is 14.7. The summed E-state index contributed by atoms with van der Waals surface area (Å²) in [6.07, 6.45) is 8.66. The number of aryl methyl sites for hydroxylation is 1. The number of anilines is 3. The van der Waals surface area contributed by atoms with Gasteiger partial charge in [0, 0.05) is 55.5 Å². The summed E-state index contributed by atoms with van der Waals surface area (Å²) in [6, 6.07) is 8.61. The van der Waals surface area contributed by atoms with Gasteiger partial charge in [-0.05, 0) is 55.5 Å². The lowest BCUT2D eigenvalue weighted by molar-refractivity contribution is 0.0959. The number of aromatic nitrogens is 4. The largest absolute Gasteiger partial charge is 0.336 e. The van der Waals surface area contributed by atoms with Crippen LogP contribution in [0, 0.1) is 5.82 Å². The topological polar surface area (TPSA) is 102 Å². The van der Waals surface area contributed by atoms with Crippen molar-refractivity contribution in [3.8, 4) is 11.1 Å². The summed E-state index contributed by atoms with van der Waals surface area (Å²) in [5.74, 6) is -0.296. The first-order chi connectivity index (χ1) is 18.5. The van der Waals surface area contributed by atoms with E-state index in [1.54, 1.807) is 54.3 Å². The molecule has 0 bridgehead atoms. The lowest BCUT2D eigenvalue weighted by Crippen LogP contribution is -2.42. The van der Waals surface area contributed by atoms with Gasteiger partial charge in [-0.15, -0.1) is 0 Å². The molecule has 1 amide bonds. The van der Waals surface area contributed by atoms with Crippen molar-refractivity contribution in [3.05, 3.63) is 87.6 Å². The maximum absolute atomic E-state index is 15.4. The molecule has 0 atom stereocenters. The van der Waals surface area contributed by atoms with Crippen LogP contribution in [0.2, 0.25) is 0 Å². The van der Waals surface area contributed by atoms with E-state index >= 15 is 4.39 Å². The SMILES string of the molecule is Cn1cc(-c2ccnc(N3CCn4c5c(c(F)c4C3=O)CCCC5)c2C=O)cc(Nc2ccccn2)c1=O. The number of nitrogens with zero attached hydrogens (tertiary/aromatic N) is 5. The van der Waals surface area contributed by atoms with Gasteiger partial charge in [-0.3, -0.25) is 19.3 Å². The second-order valence-corrected chi connectivity index (χ2v) is 9.52. The molecular formula is C28H25FN6O3. The standard InChI is InChI=1S/C28H25FN6O3/c1-33-15-17(14-21(27(33)37)32-23-8-4-5-10-30-23)18-9-11-31-26(20(18)16-36)35-13-12-34-22-7-3-2-6-19(22)24(29)25(34)28(35)38/h4-5,8-11,14-16H,2-3,6-7,12-13H2,1H3,(H,30,32). The van der Waals surface area contributed by atoms with Gasteiger partial charge in [0.05, 0.1) is 5.56 Å². The Kier molecular flexibility index (Phi) is 5.86. The summed E-state index contributed by atoms with van der Waals surface area (Å²) >= 11 is 0. The summed E-state index contributed by atoms with van der Waals surface area (Å²) < 4.78 is 18.6. The number of amides is 1. The minimum Gasteiger partial charge on any atom is -0.336 e. The smallest absolute Gasteiger partial charge is 0.279 e. The minimum absolute atomic E-state index is 0.0381. The molecule has 192 valence electrons. The van der Waals surface area contributed by atoms with Crippen molar-refractivity contribution in [1.29, 1.82) is 0 Å². The van der Waals surface area contributed by atoms with Gasteiger partial charge in [-0.2, -0.15) is 0 Å². The Morgan fingerprint density at radius 2 is 1.89 bits per heavy atom. The van der Waals surface area contributed by atoms with Gasteiger partial charge in [0.25, 0.3) is 11.5 Å². The van der Waals surface area contributed by atoms with E-state index < -0.39 is 11.7 Å². The van der Waals surface area contributed by atoms with Crippen molar-refractivity contribution in [2.24, 2.45) is 7.05 Å². The molecule has 9 nitrogen and oxygen atoms in total. The second kappa shape index (κ2) is 9.37. The molecule has 0 fully saturated rings. The Balaban J connectivity index is 1.42. The van der Waals surface area contributed by atoms with Crippen LogP contribution < -0.4 is 15.8 Å². The van der Waals surface area contributed by atoms with Crippen LogP contribution in [0.5, 0.6) is 0 Å². The van der Waals surface area contributed by atoms with Crippen molar-refractivity contribution in [2.45, 2.75) is 32.2 Å². The number of hydrogen-bond donors (Lipinski definition) is 1. The van der Waals surface area contributed by atoms with E-state index in [9.17, 15) is 14.4 Å². The molecule has 0 radical (unpaired) electrons. The number of fused-ring (bicyclic) bond motifs is 3. The van der Waals surface area contributed by atoms with Crippen molar-refractivity contribution < 1.29 is 14.0 Å². The van der Waals surface area contributed by atoms with Gasteiger partial charge < -0.3 is 14.5 Å². The molecule has 1 aliphatic carbocycles. The zero-order valence-corrected chi connectivity index (χ0v) is 20.8. The van der Waals surface area contributed by atoms with E-state index in [-0.39, 0.29) is 34.9 Å². The van der Waals surface area contributed by atoms with E-state index in [0.29, 0.717) is 41.8 Å². The fraction of sp³-hybridized carbons (Fsp3) is 0.250. The summed E-state index contributed by atoms with van der Waals surface area (Å²) in [5.41, 5.74) is 2.85. The van der Waals surface area contributed by atoms with E-state index in [1.165, 1.54) is 15.7 Å². The number of rotatable bonds is 5. The van der Waals surface area contributed by atoms with Crippen LogP contribution in [0.3, 0.4) is 0 Å². The summed E-state index contributed by atoms with van der Waals surface area (Å²) in [5, 5.41) is 3.03. The van der Waals surface area contributed by atoms with Gasteiger partial charge in [-0.1, -0.05) is 6.07 Å². The predicted molar refractivity (Wildman–Crippen MR) is 141 cm³/mol. The molecule has 1 N–H and O–H groups in total. The van der Waals surface area contributed by atoms with Crippen LogP contribution in [-0.4, -0.2) is 37.8 Å². The molecule has 6 rings (SSSR count). The molecule has 1 aliphatic heterocycles. The fourth-order valence-electron chi connectivity index (χ4n) is 5.48. The monoisotopic (exact) mass is 512 g/mol. The van der Waals surface area contributed by atoms with Crippen molar-refractivity contribution in [1.82, 2.24) is 19.1 Å². The highest BCUT2D eigenvalue weighted by Crippen LogP contribution is 2.35. The molecule has 5 heterocycles. The van der Waals surface area contributed by atoms with E-state index in [1.807, 2.05) is 0 Å². The van der Waals surface area contributed by atoms with Crippen LogP contribution in [-0.2, 0) is 26.4 Å². The molecule has 10 heteroatoms. The number of aldehydes is 1. The van der Waals surface area contributed by atoms with E-state index in [2.05, 4.69) is 15.3 Å². The third-order valence-corrected chi connectivity index (χ3v) is 7.27. The molecule has 4 aromatic heterocycles. The molecule has 0 saturated heterocycles. The quantitative estimate of drug-likeness (QED) is 0.407. The lowest BCUT2D eigenvalue weighted by Gasteiger charge is -2.30. The molecule has 2 aliphatic rings. The average Bonchev–Trinajstić information content (AvgIpc) is 3.24. The first-order valence-corrected chi connectivity index (χ1v) is 12.5. The fourth-order valence-corrected chi connectivity index (χ4v) is 5.48. The predicted octanol–water partition coefficient (Wildman–Crippen LogP) is 3.88. The van der Waals surface area contributed by atoms with Crippen LogP contribution in [0.1, 0.15) is 44.9 Å². The summed E-state index contributed by atoms with van der Waals surface area (Å²) in [7, 11) is 1.62. The number of nitrogens with one attached hydrogen (secondary N) is 1. The highest BCUT2D eigenvalue weighted by atomic mass is 19.1. The number of halogens is 1. The maximum Gasteiger partial charge on any atom is 0.279 e. The number of pyridine rings is 3. The Hall–Kier alpha value is -4.60. The molecule has 38 heavy (non-hydrogen) atoms. The first-order valence-electron chi connectivity index (χ1n) is 12.5. The molecular weight excluding hydrogens is 487 g/mol. The van der Waals surface area contributed by atoms with Crippen LogP contribution in [0.4, 0.5) is 21.7 Å². The molecule has 4 aromatic rings. The van der Waals surface area contributed by atoms with Crippen molar-refractivity contribution in [3.63, 3.8) is 0 Å². The molecule has 0 saturated carbocycles. The summed E-state index contributed by atoms with van der Waals surface area (Å²) in [6.45, 7) is 0.693. The van der Waals surface area contributed by atoms with Crippen LogP contribution in [0.25, 0.3) is 11.1 Å². The van der Waals surface area contributed by atoms with Gasteiger partial charge >= 0.3 is 0 Å². The zero-order chi connectivity index (χ0) is 26.4. The van der Waals surface area contributed by atoms with Gasteiger partial charge in [0.2, 0.25) is 0 Å². The number of carbonyl (C=O) groups is 2. The highest BCUT2D eigenvalue weighted by Gasteiger charge is 2.36. The Bertz CT molecular complexity index is 1640. The minimum atomic E-state index is -0.506. The Labute approximate surface area is 217 Å². The second-order valence-electron chi connectivity index (χ2n) is 9.52. The average molecular weight is 513 g/mol. The van der Waals surface area contributed by atoms with Crippen molar-refractivity contribution >= 4 is 29.5 Å². The highest BCUT2D eigenvalue weighted by molar-refractivity contribution is 6.09. The van der Waals surface area contributed by atoms with Gasteiger partial charge in [-0.25, -0.2) is 14.4 Å². The summed E-state index contributed by atoms with van der Waals surface area (Å²) in [4.78, 5) is 48.8. The number of carbonyl (C=O) groups excluding carboxylic acids is 2. The van der Waals surface area contributed by atoms with Crippen LogP contribution in [0.15, 0.2) is 53.7 Å². The first kappa shape index (κ1) is 23.8. The third kappa shape index (κ3) is 3.80. The van der Waals surface area contributed by atoms with Crippen LogP contribution >= 0.6 is 0 Å². The van der Waals surface area contributed by atoms with Gasteiger partial charge in [0.1, 0.15) is 23.0 Å². The zero-order valence-electron chi connectivity index (χ0n) is 20.8. The lowest BCUT2D eigenvalue weighted by atomic mass is 9.97. The Morgan fingerprint density at radius 3 is 2.68 bits per heavy atom. The maximum atomic E-state index is 15.4. The molecule has 0 unspecified atom stereocenters. The molecule has 0 spiro atoms. The van der Waals surface area contributed by atoms with Crippen molar-refractivity contribution in [2.75, 3.05) is 16.8 Å². The third-order valence-electron chi connectivity index (χ3n) is 7.27. The van der Waals surface area contributed by atoms with E-state index in [0.717, 1.165) is 25.0 Å². The molecule has 0 aromatic carbocycles. The Morgan fingerprint density at radius 1 is 1.05 bits per heavy atom. The van der Waals surface area contributed by atoms with E-state index in [4.69, 9.17) is 0 Å². The van der Waals surface area contributed by atoms with Gasteiger partial charge in [0.15, 0.2) is 12.1 Å². The number of hydrogen-bond acceptors (Lipinski definition) is 6.